The summed E-state index contributed by atoms with van der Waals surface area (Å²) in [5.41, 5.74) is -0.464. The highest BCUT2D eigenvalue weighted by molar-refractivity contribution is 8.00. The maximum absolute atomic E-state index is 11.6. The lowest BCUT2D eigenvalue weighted by Gasteiger charge is -2.34. The molecule has 0 atom stereocenters. The Kier molecular flexibility index (Phi) is 5.52. The average Bonchev–Trinajstić information content (AvgIpc) is 2.12. The van der Waals surface area contributed by atoms with Gasteiger partial charge in [-0.1, -0.05) is 13.8 Å². The number of aliphatic hydroxyl groups is 1. The van der Waals surface area contributed by atoms with Crippen LogP contribution in [-0.2, 0) is 4.79 Å². The van der Waals surface area contributed by atoms with Gasteiger partial charge in [0, 0.05) is 7.05 Å². The van der Waals surface area contributed by atoms with E-state index < -0.39 is 5.54 Å². The molecule has 0 aromatic heterocycles. The molecule has 1 amide bonds. The fourth-order valence-corrected chi connectivity index (χ4v) is 1.45. The van der Waals surface area contributed by atoms with Gasteiger partial charge in [-0.05, 0) is 19.1 Å². The number of nitrogens with zero attached hydrogens (tertiary/aromatic N) is 1. The van der Waals surface area contributed by atoms with Crippen molar-refractivity contribution in [2.75, 3.05) is 19.4 Å². The van der Waals surface area contributed by atoms with E-state index in [4.69, 9.17) is 5.11 Å². The van der Waals surface area contributed by atoms with Crippen molar-refractivity contribution >= 4 is 17.7 Å². The molecule has 1 N–H and O–H groups in total. The molecule has 0 aliphatic heterocycles. The van der Waals surface area contributed by atoms with Crippen molar-refractivity contribution < 1.29 is 9.90 Å². The van der Waals surface area contributed by atoms with E-state index in [2.05, 4.69) is 13.8 Å². The van der Waals surface area contributed by atoms with Gasteiger partial charge in [0.25, 0.3) is 0 Å². The van der Waals surface area contributed by atoms with Gasteiger partial charge in [0.1, 0.15) is 0 Å². The molecule has 0 aromatic rings. The molecule has 0 unspecified atom stereocenters. The van der Waals surface area contributed by atoms with Crippen LogP contribution < -0.4 is 0 Å². The van der Waals surface area contributed by atoms with Crippen LogP contribution in [0.1, 0.15) is 27.7 Å². The molecule has 0 aliphatic carbocycles. The SMILES string of the molecule is CC(C)SCC(=O)N(C)C(C)(C)CO. The second kappa shape index (κ2) is 5.61. The number of amides is 1. The van der Waals surface area contributed by atoms with Crippen molar-refractivity contribution in [2.45, 2.75) is 38.5 Å². The third-order valence-corrected chi connectivity index (χ3v) is 3.29. The Bertz CT molecular complexity index is 193. The number of hydrogen-bond donors (Lipinski definition) is 1. The summed E-state index contributed by atoms with van der Waals surface area (Å²) in [5.74, 6) is 0.556. The van der Waals surface area contributed by atoms with E-state index in [0.717, 1.165) is 0 Å². The number of rotatable bonds is 5. The Morgan fingerprint density at radius 1 is 1.50 bits per heavy atom. The van der Waals surface area contributed by atoms with Gasteiger partial charge in [-0.25, -0.2) is 0 Å². The summed E-state index contributed by atoms with van der Waals surface area (Å²) >= 11 is 1.62. The molecule has 0 aliphatic rings. The quantitative estimate of drug-likeness (QED) is 0.759. The molecule has 0 saturated carbocycles. The summed E-state index contributed by atoms with van der Waals surface area (Å²) in [4.78, 5) is 13.3. The van der Waals surface area contributed by atoms with Gasteiger partial charge in [-0.2, -0.15) is 0 Å². The summed E-state index contributed by atoms with van der Waals surface area (Å²) in [6.07, 6.45) is 0. The lowest BCUT2D eigenvalue weighted by Crippen LogP contribution is -2.48. The van der Waals surface area contributed by atoms with Gasteiger partial charge in [-0.3, -0.25) is 4.79 Å². The van der Waals surface area contributed by atoms with Crippen molar-refractivity contribution in [1.82, 2.24) is 4.90 Å². The predicted molar refractivity (Wildman–Crippen MR) is 61.5 cm³/mol. The van der Waals surface area contributed by atoms with Crippen LogP contribution in [0.25, 0.3) is 0 Å². The molecule has 4 heteroatoms. The summed E-state index contributed by atoms with van der Waals surface area (Å²) in [6, 6.07) is 0. The third kappa shape index (κ3) is 4.33. The molecular weight excluding hydrogens is 198 g/mol. The lowest BCUT2D eigenvalue weighted by atomic mass is 10.1. The van der Waals surface area contributed by atoms with Crippen LogP contribution >= 0.6 is 11.8 Å². The topological polar surface area (TPSA) is 40.5 Å². The smallest absolute Gasteiger partial charge is 0.232 e. The molecule has 84 valence electrons. The van der Waals surface area contributed by atoms with E-state index in [1.54, 1.807) is 23.7 Å². The highest BCUT2D eigenvalue weighted by Crippen LogP contribution is 2.15. The van der Waals surface area contributed by atoms with Crippen molar-refractivity contribution in [3.63, 3.8) is 0 Å². The minimum Gasteiger partial charge on any atom is -0.394 e. The minimum absolute atomic E-state index is 0.0123. The number of thioether (sulfide) groups is 1. The van der Waals surface area contributed by atoms with Crippen LogP contribution in [0.3, 0.4) is 0 Å². The Morgan fingerprint density at radius 2 is 2.00 bits per heavy atom. The zero-order valence-corrected chi connectivity index (χ0v) is 10.5. The van der Waals surface area contributed by atoms with Crippen molar-refractivity contribution in [3.8, 4) is 0 Å². The first kappa shape index (κ1) is 13.8. The van der Waals surface area contributed by atoms with Crippen molar-refractivity contribution in [3.05, 3.63) is 0 Å². The standard InChI is InChI=1S/C10H21NO2S/c1-8(2)14-6-9(13)11(5)10(3,4)7-12/h8,12H,6-7H2,1-5H3. The second-order valence-electron chi connectivity index (χ2n) is 4.28. The summed E-state index contributed by atoms with van der Waals surface area (Å²) < 4.78 is 0. The maximum atomic E-state index is 11.6. The van der Waals surface area contributed by atoms with Crippen molar-refractivity contribution in [1.29, 1.82) is 0 Å². The minimum atomic E-state index is -0.464. The van der Waals surface area contributed by atoms with Gasteiger partial charge in [0.05, 0.1) is 17.9 Å². The Labute approximate surface area is 90.9 Å². The zero-order chi connectivity index (χ0) is 11.4. The van der Waals surface area contributed by atoms with Gasteiger partial charge in [0.2, 0.25) is 5.91 Å². The van der Waals surface area contributed by atoms with Gasteiger partial charge in [0.15, 0.2) is 0 Å². The van der Waals surface area contributed by atoms with E-state index in [1.165, 1.54) is 0 Å². The molecule has 0 saturated heterocycles. The molecule has 0 fully saturated rings. The summed E-state index contributed by atoms with van der Waals surface area (Å²) in [6.45, 7) is 7.82. The van der Waals surface area contributed by atoms with E-state index in [9.17, 15) is 4.79 Å². The van der Waals surface area contributed by atoms with Crippen molar-refractivity contribution in [2.24, 2.45) is 0 Å². The molecule has 3 nitrogen and oxygen atoms in total. The molecular formula is C10H21NO2S. The summed E-state index contributed by atoms with van der Waals surface area (Å²) in [7, 11) is 1.74. The monoisotopic (exact) mass is 219 g/mol. The van der Waals surface area contributed by atoms with Crippen LogP contribution in [0, 0.1) is 0 Å². The van der Waals surface area contributed by atoms with Crippen LogP contribution in [0.4, 0.5) is 0 Å². The van der Waals surface area contributed by atoms with E-state index in [0.29, 0.717) is 11.0 Å². The molecule has 0 radical (unpaired) electrons. The van der Waals surface area contributed by atoms with Gasteiger partial charge >= 0.3 is 0 Å². The largest absolute Gasteiger partial charge is 0.394 e. The number of carbonyl (C=O) groups is 1. The van der Waals surface area contributed by atoms with Crippen LogP contribution in [0.5, 0.6) is 0 Å². The molecule has 14 heavy (non-hydrogen) atoms. The fourth-order valence-electron chi connectivity index (χ4n) is 0.778. The third-order valence-electron chi connectivity index (χ3n) is 2.21. The van der Waals surface area contributed by atoms with E-state index in [1.807, 2.05) is 13.8 Å². The Hall–Kier alpha value is -0.220. The average molecular weight is 219 g/mol. The van der Waals surface area contributed by atoms with E-state index >= 15 is 0 Å². The maximum Gasteiger partial charge on any atom is 0.232 e. The molecule has 0 rings (SSSR count). The fraction of sp³-hybridized carbons (Fsp3) is 0.900. The normalized spacial score (nSPS) is 11.9. The van der Waals surface area contributed by atoms with Crippen LogP contribution in [0.2, 0.25) is 0 Å². The Morgan fingerprint density at radius 3 is 2.36 bits per heavy atom. The van der Waals surface area contributed by atoms with Crippen LogP contribution in [-0.4, -0.2) is 46.1 Å². The zero-order valence-electron chi connectivity index (χ0n) is 9.70. The first-order valence-corrected chi connectivity index (χ1v) is 5.85. The first-order chi connectivity index (χ1) is 6.31. The summed E-state index contributed by atoms with van der Waals surface area (Å²) in [5, 5.41) is 9.55. The second-order valence-corrected chi connectivity index (χ2v) is 5.85. The van der Waals surface area contributed by atoms with Gasteiger partial charge < -0.3 is 10.0 Å². The van der Waals surface area contributed by atoms with E-state index in [-0.39, 0.29) is 12.5 Å². The van der Waals surface area contributed by atoms with Crippen LogP contribution in [0.15, 0.2) is 0 Å². The number of likely N-dealkylation sites (N-methyl/N-ethyl adjacent to an activating group) is 1. The highest BCUT2D eigenvalue weighted by Gasteiger charge is 2.26. The molecule has 0 aromatic carbocycles. The number of hydrogen-bond acceptors (Lipinski definition) is 3. The first-order valence-electron chi connectivity index (χ1n) is 4.80. The Balaban J connectivity index is 4.12. The molecule has 0 bridgehead atoms. The lowest BCUT2D eigenvalue weighted by molar-refractivity contribution is -0.133. The highest BCUT2D eigenvalue weighted by atomic mass is 32.2. The van der Waals surface area contributed by atoms with Gasteiger partial charge in [-0.15, -0.1) is 11.8 Å². The number of carbonyl (C=O) groups excluding carboxylic acids is 1. The molecule has 0 spiro atoms. The number of aliphatic hydroxyl groups excluding tert-OH is 1. The molecule has 0 heterocycles. The predicted octanol–water partition coefficient (Wildman–Crippen LogP) is 1.36.